The minimum absolute atomic E-state index is 0.299. The van der Waals surface area contributed by atoms with Crippen LogP contribution in [0.3, 0.4) is 0 Å². The van der Waals surface area contributed by atoms with Gasteiger partial charge in [-0.15, -0.1) is 0 Å². The number of hydrogen-bond acceptors (Lipinski definition) is 3. The average Bonchev–Trinajstić information content (AvgIpc) is 3.07. The third-order valence-corrected chi connectivity index (χ3v) is 4.09. The van der Waals surface area contributed by atoms with Crippen LogP contribution in [-0.4, -0.2) is 29.2 Å². The first kappa shape index (κ1) is 13.8. The minimum atomic E-state index is -0.991. The highest BCUT2D eigenvalue weighted by Gasteiger charge is 2.53. The Kier molecular flexibility index (Phi) is 3.51. The summed E-state index contributed by atoms with van der Waals surface area (Å²) in [5.74, 6) is -2.78. The summed E-state index contributed by atoms with van der Waals surface area (Å²) in [5.41, 5.74) is 1.81. The molecule has 2 aliphatic heterocycles. The van der Waals surface area contributed by atoms with E-state index in [1.807, 2.05) is 25.1 Å². The first-order valence-electron chi connectivity index (χ1n) is 7.06. The van der Waals surface area contributed by atoms with Crippen molar-refractivity contribution in [1.29, 1.82) is 0 Å². The third-order valence-electron chi connectivity index (χ3n) is 4.09. The minimum Gasteiger partial charge on any atom is -0.481 e. The molecular formula is C16H17NO4. The van der Waals surface area contributed by atoms with Gasteiger partial charge >= 0.3 is 5.97 Å². The fourth-order valence-electron chi connectivity index (χ4n) is 3.01. The third kappa shape index (κ3) is 2.45. The van der Waals surface area contributed by atoms with Crippen LogP contribution >= 0.6 is 0 Å². The summed E-state index contributed by atoms with van der Waals surface area (Å²) in [5, 5.41) is 12.1. The number of aliphatic carboxylic acids is 1. The van der Waals surface area contributed by atoms with Crippen LogP contribution < -0.4 is 5.32 Å². The summed E-state index contributed by atoms with van der Waals surface area (Å²) in [6.45, 7) is 2.04. The molecule has 1 amide bonds. The van der Waals surface area contributed by atoms with E-state index >= 15 is 0 Å². The molecule has 110 valence electrons. The Morgan fingerprint density at radius 2 is 1.95 bits per heavy atom. The van der Waals surface area contributed by atoms with Crippen LogP contribution in [-0.2, 0) is 20.7 Å². The second-order valence-corrected chi connectivity index (χ2v) is 5.38. The number of carboxylic acid groups (broad SMARTS) is 1. The molecule has 2 aliphatic rings. The molecule has 2 bridgehead atoms. The maximum absolute atomic E-state index is 12.4. The maximum Gasteiger partial charge on any atom is 0.310 e. The molecule has 21 heavy (non-hydrogen) atoms. The van der Waals surface area contributed by atoms with E-state index in [-0.39, 0.29) is 5.91 Å². The number of amides is 1. The molecule has 0 aliphatic carbocycles. The van der Waals surface area contributed by atoms with E-state index in [0.29, 0.717) is 5.69 Å². The van der Waals surface area contributed by atoms with E-state index in [1.54, 1.807) is 18.2 Å². The summed E-state index contributed by atoms with van der Waals surface area (Å²) in [7, 11) is 0. The van der Waals surface area contributed by atoms with Crippen molar-refractivity contribution in [1.82, 2.24) is 0 Å². The molecule has 1 fully saturated rings. The molecule has 0 aromatic heterocycles. The normalized spacial score (nSPS) is 29.6. The highest BCUT2D eigenvalue weighted by Crippen LogP contribution is 2.39. The van der Waals surface area contributed by atoms with Crippen LogP contribution in [0, 0.1) is 11.8 Å². The number of carbonyl (C=O) groups excluding carboxylic acids is 1. The number of anilines is 1. The molecule has 0 spiro atoms. The lowest BCUT2D eigenvalue weighted by atomic mass is 9.82. The molecule has 1 aromatic carbocycles. The van der Waals surface area contributed by atoms with Crippen molar-refractivity contribution in [2.75, 3.05) is 5.32 Å². The predicted molar refractivity (Wildman–Crippen MR) is 76.9 cm³/mol. The van der Waals surface area contributed by atoms with Crippen LogP contribution in [0.4, 0.5) is 5.69 Å². The fourth-order valence-corrected chi connectivity index (χ4v) is 3.01. The number of rotatable bonds is 4. The summed E-state index contributed by atoms with van der Waals surface area (Å²) >= 11 is 0. The second-order valence-electron chi connectivity index (χ2n) is 5.38. The van der Waals surface area contributed by atoms with Gasteiger partial charge in [0.25, 0.3) is 0 Å². The van der Waals surface area contributed by atoms with Crippen LogP contribution in [0.15, 0.2) is 36.4 Å². The van der Waals surface area contributed by atoms with E-state index in [0.717, 1.165) is 12.0 Å². The molecule has 0 saturated carbocycles. The Bertz CT molecular complexity index is 610. The van der Waals surface area contributed by atoms with Gasteiger partial charge < -0.3 is 15.2 Å². The molecule has 5 heteroatoms. The highest BCUT2D eigenvalue weighted by atomic mass is 16.5. The number of hydrogen-bond donors (Lipinski definition) is 2. The van der Waals surface area contributed by atoms with Gasteiger partial charge in [-0.25, -0.2) is 0 Å². The summed E-state index contributed by atoms with van der Waals surface area (Å²) in [6, 6.07) is 7.56. The molecule has 4 atom stereocenters. The van der Waals surface area contributed by atoms with E-state index in [9.17, 15) is 14.7 Å². The smallest absolute Gasteiger partial charge is 0.310 e. The second kappa shape index (κ2) is 5.33. The van der Waals surface area contributed by atoms with Gasteiger partial charge in [0.05, 0.1) is 18.1 Å². The van der Waals surface area contributed by atoms with Crippen molar-refractivity contribution in [3.8, 4) is 0 Å². The Morgan fingerprint density at radius 3 is 2.62 bits per heavy atom. The molecule has 2 N–H and O–H groups in total. The van der Waals surface area contributed by atoms with Crippen LogP contribution in [0.2, 0.25) is 0 Å². The topological polar surface area (TPSA) is 75.6 Å². The van der Waals surface area contributed by atoms with Gasteiger partial charge in [0.1, 0.15) is 5.92 Å². The molecule has 2 heterocycles. The number of carboxylic acids is 1. The van der Waals surface area contributed by atoms with Gasteiger partial charge in [0.2, 0.25) is 5.91 Å². The number of benzene rings is 1. The summed E-state index contributed by atoms with van der Waals surface area (Å²) < 4.78 is 5.51. The number of aryl methyl sites for hydroxylation is 1. The van der Waals surface area contributed by atoms with Gasteiger partial charge in [-0.05, 0) is 24.1 Å². The number of nitrogens with one attached hydrogen (secondary N) is 1. The Labute approximate surface area is 122 Å². The molecule has 1 saturated heterocycles. The average molecular weight is 287 g/mol. The lowest BCUT2D eigenvalue weighted by molar-refractivity contribution is -0.145. The zero-order chi connectivity index (χ0) is 15.0. The lowest BCUT2D eigenvalue weighted by Gasteiger charge is -2.21. The first-order valence-corrected chi connectivity index (χ1v) is 7.06. The van der Waals surface area contributed by atoms with Crippen molar-refractivity contribution in [2.45, 2.75) is 25.6 Å². The Balaban J connectivity index is 1.78. The van der Waals surface area contributed by atoms with Gasteiger partial charge in [-0.1, -0.05) is 31.2 Å². The SMILES string of the molecule is CCc1cccc(NC(=O)[C@H]2[C@H](C(=O)O)[C@H]3C=C[C@H]2O3)c1. The van der Waals surface area contributed by atoms with Gasteiger partial charge in [0.15, 0.2) is 0 Å². The molecule has 5 nitrogen and oxygen atoms in total. The standard InChI is InChI=1S/C16H17NO4/c1-2-9-4-3-5-10(8-9)17-15(18)13-11-6-7-12(21-11)14(13)16(19)20/h3-8,11-14H,2H2,1H3,(H,17,18)(H,19,20)/t11-,12-,13-,14-/m1/s1. The van der Waals surface area contributed by atoms with Crippen LogP contribution in [0.25, 0.3) is 0 Å². The van der Waals surface area contributed by atoms with Crippen LogP contribution in [0.1, 0.15) is 12.5 Å². The number of carbonyl (C=O) groups is 2. The summed E-state index contributed by atoms with van der Waals surface area (Å²) in [6.07, 6.45) is 3.44. The summed E-state index contributed by atoms with van der Waals surface area (Å²) in [4.78, 5) is 23.8. The molecular weight excluding hydrogens is 270 g/mol. The Hall–Kier alpha value is -2.14. The van der Waals surface area contributed by atoms with E-state index < -0.39 is 30.0 Å². The van der Waals surface area contributed by atoms with E-state index in [4.69, 9.17) is 4.74 Å². The van der Waals surface area contributed by atoms with Crippen molar-refractivity contribution in [3.63, 3.8) is 0 Å². The van der Waals surface area contributed by atoms with E-state index in [1.165, 1.54) is 0 Å². The number of fused-ring (bicyclic) bond motifs is 2. The number of ether oxygens (including phenoxy) is 1. The zero-order valence-electron chi connectivity index (χ0n) is 11.7. The first-order chi connectivity index (χ1) is 10.1. The maximum atomic E-state index is 12.4. The van der Waals surface area contributed by atoms with Crippen molar-refractivity contribution < 1.29 is 19.4 Å². The molecule has 1 aromatic rings. The van der Waals surface area contributed by atoms with Gasteiger partial charge in [-0.3, -0.25) is 9.59 Å². The van der Waals surface area contributed by atoms with Crippen molar-refractivity contribution in [2.24, 2.45) is 11.8 Å². The Morgan fingerprint density at radius 1 is 1.24 bits per heavy atom. The van der Waals surface area contributed by atoms with Gasteiger partial charge in [-0.2, -0.15) is 0 Å². The van der Waals surface area contributed by atoms with E-state index in [2.05, 4.69) is 5.32 Å². The predicted octanol–water partition coefficient (Wildman–Crippen LogP) is 1.84. The zero-order valence-corrected chi connectivity index (χ0v) is 11.7. The molecule has 0 radical (unpaired) electrons. The largest absolute Gasteiger partial charge is 0.481 e. The monoisotopic (exact) mass is 287 g/mol. The fraction of sp³-hybridized carbons (Fsp3) is 0.375. The van der Waals surface area contributed by atoms with Crippen molar-refractivity contribution >= 4 is 17.6 Å². The highest BCUT2D eigenvalue weighted by molar-refractivity contribution is 5.96. The molecule has 0 unspecified atom stereocenters. The quantitative estimate of drug-likeness (QED) is 0.829. The van der Waals surface area contributed by atoms with Crippen molar-refractivity contribution in [3.05, 3.63) is 42.0 Å². The van der Waals surface area contributed by atoms with Gasteiger partial charge in [0, 0.05) is 5.69 Å². The van der Waals surface area contributed by atoms with Crippen LogP contribution in [0.5, 0.6) is 0 Å². The lowest BCUT2D eigenvalue weighted by Crippen LogP contribution is -2.39. The molecule has 3 rings (SSSR count).